The average Bonchev–Trinajstić information content (AvgIpc) is 3.15. The van der Waals surface area contributed by atoms with Gasteiger partial charge in [0, 0.05) is 53.0 Å². The summed E-state index contributed by atoms with van der Waals surface area (Å²) in [4.78, 5) is 20.0. The van der Waals surface area contributed by atoms with Crippen molar-refractivity contribution in [2.24, 2.45) is 4.99 Å². The highest BCUT2D eigenvalue weighted by Crippen LogP contribution is 2.11. The van der Waals surface area contributed by atoms with Crippen LogP contribution in [0, 0.1) is 0 Å². The fraction of sp³-hybridized carbons (Fsp3) is 0.882. The third-order valence-electron chi connectivity index (χ3n) is 4.39. The molecule has 26 heavy (non-hydrogen) atoms. The van der Waals surface area contributed by atoms with Crippen LogP contribution in [0.25, 0.3) is 0 Å². The largest absolute Gasteiger partial charge is 0.450 e. The standard InChI is InChI=1S/C17H32N4O4.HI/c1-3-24-17(22)21-10-8-20(9-11-21)16(18-2)19-7-5-12-23-14-15-6-4-13-25-15;/h15H,3-14H2,1-2H3,(H,18,19);1H. The van der Waals surface area contributed by atoms with Crippen LogP contribution in [0.4, 0.5) is 4.79 Å². The maximum atomic E-state index is 11.7. The van der Waals surface area contributed by atoms with Gasteiger partial charge in [-0.3, -0.25) is 4.99 Å². The van der Waals surface area contributed by atoms with Crippen molar-refractivity contribution < 1.29 is 19.0 Å². The molecule has 0 aliphatic carbocycles. The molecule has 2 heterocycles. The molecule has 152 valence electrons. The summed E-state index contributed by atoms with van der Waals surface area (Å²) < 4.78 is 16.2. The number of amides is 1. The van der Waals surface area contributed by atoms with E-state index in [-0.39, 0.29) is 36.2 Å². The van der Waals surface area contributed by atoms with Gasteiger partial charge in [-0.05, 0) is 26.2 Å². The third kappa shape index (κ3) is 7.83. The fourth-order valence-electron chi connectivity index (χ4n) is 3.01. The summed E-state index contributed by atoms with van der Waals surface area (Å²) in [5, 5.41) is 3.37. The van der Waals surface area contributed by atoms with Gasteiger partial charge in [0.05, 0.1) is 19.3 Å². The van der Waals surface area contributed by atoms with Crippen LogP contribution in [0.5, 0.6) is 0 Å². The molecule has 1 N–H and O–H groups in total. The Balaban J connectivity index is 0.00000338. The number of rotatable bonds is 7. The summed E-state index contributed by atoms with van der Waals surface area (Å²) in [6.07, 6.45) is 3.25. The lowest BCUT2D eigenvalue weighted by atomic mass is 10.2. The molecule has 0 radical (unpaired) electrons. The Bertz CT molecular complexity index is 425. The summed E-state index contributed by atoms with van der Waals surface area (Å²) in [5.41, 5.74) is 0. The van der Waals surface area contributed by atoms with E-state index in [0.29, 0.717) is 26.3 Å². The lowest BCUT2D eigenvalue weighted by Crippen LogP contribution is -2.54. The number of ether oxygens (including phenoxy) is 3. The van der Waals surface area contributed by atoms with Gasteiger partial charge < -0.3 is 29.3 Å². The van der Waals surface area contributed by atoms with Crippen molar-refractivity contribution >= 4 is 36.0 Å². The maximum absolute atomic E-state index is 11.7. The number of guanidine groups is 1. The molecule has 1 unspecified atom stereocenters. The molecule has 0 spiro atoms. The average molecular weight is 484 g/mol. The highest BCUT2D eigenvalue weighted by atomic mass is 127. The van der Waals surface area contributed by atoms with Crippen LogP contribution in [0.2, 0.25) is 0 Å². The molecule has 0 aromatic heterocycles. The molecule has 0 saturated carbocycles. The second-order valence-corrected chi connectivity index (χ2v) is 6.21. The van der Waals surface area contributed by atoms with E-state index in [9.17, 15) is 4.79 Å². The number of aliphatic imine (C=N–C) groups is 1. The minimum absolute atomic E-state index is 0. The van der Waals surface area contributed by atoms with Gasteiger partial charge in [-0.2, -0.15) is 0 Å². The van der Waals surface area contributed by atoms with E-state index in [4.69, 9.17) is 14.2 Å². The molecule has 0 aromatic rings. The highest BCUT2D eigenvalue weighted by molar-refractivity contribution is 14.0. The number of hydrogen-bond donors (Lipinski definition) is 1. The summed E-state index contributed by atoms with van der Waals surface area (Å²) >= 11 is 0. The van der Waals surface area contributed by atoms with Crippen LogP contribution < -0.4 is 5.32 Å². The summed E-state index contributed by atoms with van der Waals surface area (Å²) in [6, 6.07) is 0. The molecule has 0 bridgehead atoms. The SMILES string of the molecule is CCOC(=O)N1CCN(C(=NC)NCCCOCC2CCCO2)CC1.I. The van der Waals surface area contributed by atoms with Crippen LogP contribution in [0.15, 0.2) is 4.99 Å². The van der Waals surface area contributed by atoms with Crippen molar-refractivity contribution in [3.8, 4) is 0 Å². The minimum atomic E-state index is -0.228. The first-order chi connectivity index (χ1) is 12.2. The van der Waals surface area contributed by atoms with E-state index in [1.165, 1.54) is 0 Å². The number of hydrogen-bond acceptors (Lipinski definition) is 5. The number of piperazine rings is 1. The zero-order valence-electron chi connectivity index (χ0n) is 15.9. The van der Waals surface area contributed by atoms with Crippen molar-refractivity contribution in [3.05, 3.63) is 0 Å². The van der Waals surface area contributed by atoms with Crippen LogP contribution in [0.1, 0.15) is 26.2 Å². The molecule has 0 aromatic carbocycles. The van der Waals surface area contributed by atoms with Crippen molar-refractivity contribution in [1.29, 1.82) is 0 Å². The Morgan fingerprint density at radius 1 is 1.27 bits per heavy atom. The zero-order chi connectivity index (χ0) is 17.9. The normalized spacial score (nSPS) is 20.7. The van der Waals surface area contributed by atoms with E-state index >= 15 is 0 Å². The number of nitrogens with zero attached hydrogens (tertiary/aromatic N) is 3. The van der Waals surface area contributed by atoms with Gasteiger partial charge in [-0.15, -0.1) is 24.0 Å². The van der Waals surface area contributed by atoms with Gasteiger partial charge in [0.15, 0.2) is 5.96 Å². The van der Waals surface area contributed by atoms with E-state index in [2.05, 4.69) is 15.2 Å². The second kappa shape index (κ2) is 13.4. The number of nitrogens with one attached hydrogen (secondary N) is 1. The van der Waals surface area contributed by atoms with E-state index < -0.39 is 0 Å². The molecule has 9 heteroatoms. The smallest absolute Gasteiger partial charge is 0.409 e. The van der Waals surface area contributed by atoms with Gasteiger partial charge in [-0.1, -0.05) is 0 Å². The number of carbonyl (C=O) groups is 1. The molecule has 2 saturated heterocycles. The molecular weight excluding hydrogens is 451 g/mol. The van der Waals surface area contributed by atoms with Crippen LogP contribution in [0.3, 0.4) is 0 Å². The Morgan fingerprint density at radius 2 is 2.00 bits per heavy atom. The topological polar surface area (TPSA) is 75.6 Å². The second-order valence-electron chi connectivity index (χ2n) is 6.21. The monoisotopic (exact) mass is 484 g/mol. The quantitative estimate of drug-likeness (QED) is 0.256. The molecule has 2 rings (SSSR count). The number of carbonyl (C=O) groups excluding carboxylic acids is 1. The Hall–Kier alpha value is -0.810. The van der Waals surface area contributed by atoms with Crippen LogP contribution >= 0.6 is 24.0 Å². The van der Waals surface area contributed by atoms with Crippen molar-refractivity contribution in [3.63, 3.8) is 0 Å². The van der Waals surface area contributed by atoms with Gasteiger partial charge in [0.2, 0.25) is 0 Å². The fourth-order valence-corrected chi connectivity index (χ4v) is 3.01. The first-order valence-corrected chi connectivity index (χ1v) is 9.31. The van der Waals surface area contributed by atoms with Gasteiger partial charge in [0.25, 0.3) is 0 Å². The molecular formula is C17H33IN4O4. The lowest BCUT2D eigenvalue weighted by Gasteiger charge is -2.35. The minimum Gasteiger partial charge on any atom is -0.450 e. The predicted octanol–water partition coefficient (Wildman–Crippen LogP) is 1.54. The number of halogens is 1. The van der Waals surface area contributed by atoms with Crippen molar-refractivity contribution in [2.45, 2.75) is 32.3 Å². The third-order valence-corrected chi connectivity index (χ3v) is 4.39. The summed E-state index contributed by atoms with van der Waals surface area (Å²) in [7, 11) is 1.79. The van der Waals surface area contributed by atoms with E-state index in [1.54, 1.807) is 11.9 Å². The Morgan fingerprint density at radius 3 is 2.62 bits per heavy atom. The Labute approximate surface area is 173 Å². The molecule has 8 nitrogen and oxygen atoms in total. The van der Waals surface area contributed by atoms with Gasteiger partial charge in [0.1, 0.15) is 0 Å². The summed E-state index contributed by atoms with van der Waals surface area (Å²) in [6.45, 7) is 8.17. The molecule has 2 aliphatic heterocycles. The van der Waals surface area contributed by atoms with Gasteiger partial charge >= 0.3 is 6.09 Å². The maximum Gasteiger partial charge on any atom is 0.409 e. The molecule has 1 atom stereocenters. The zero-order valence-corrected chi connectivity index (χ0v) is 18.3. The molecule has 1 amide bonds. The predicted molar refractivity (Wildman–Crippen MR) is 111 cm³/mol. The highest BCUT2D eigenvalue weighted by Gasteiger charge is 2.23. The first-order valence-electron chi connectivity index (χ1n) is 9.31. The first kappa shape index (κ1) is 23.2. The van der Waals surface area contributed by atoms with Crippen molar-refractivity contribution in [1.82, 2.24) is 15.1 Å². The molecule has 2 aliphatic rings. The summed E-state index contributed by atoms with van der Waals surface area (Å²) in [5.74, 6) is 0.877. The van der Waals surface area contributed by atoms with Crippen LogP contribution in [-0.4, -0.2) is 94.2 Å². The lowest BCUT2D eigenvalue weighted by molar-refractivity contribution is 0.0168. The van der Waals surface area contributed by atoms with E-state index in [0.717, 1.165) is 58.1 Å². The van der Waals surface area contributed by atoms with E-state index in [1.807, 2.05) is 6.92 Å². The van der Waals surface area contributed by atoms with Gasteiger partial charge in [-0.25, -0.2) is 4.79 Å². The Kier molecular flexibility index (Phi) is 11.9. The van der Waals surface area contributed by atoms with Crippen LogP contribution in [-0.2, 0) is 14.2 Å². The van der Waals surface area contributed by atoms with Crippen molar-refractivity contribution in [2.75, 3.05) is 66.2 Å². The molecule has 2 fully saturated rings.